The number of amides is 1. The average Bonchev–Trinajstić information content (AvgIpc) is 3.35. The second-order valence-electron chi connectivity index (χ2n) is 13.5. The number of para-hydroxylation sites is 1. The van der Waals surface area contributed by atoms with Crippen molar-refractivity contribution in [3.63, 3.8) is 0 Å². The molecule has 2 saturated heterocycles. The number of fused-ring (bicyclic) bond motifs is 3. The smallest absolute Gasteiger partial charge is 0.410 e. The molecule has 232 valence electrons. The summed E-state index contributed by atoms with van der Waals surface area (Å²) >= 11 is 0. The van der Waals surface area contributed by atoms with Gasteiger partial charge in [0.2, 0.25) is 0 Å². The molecule has 43 heavy (non-hydrogen) atoms. The third-order valence-electron chi connectivity index (χ3n) is 9.68. The topological polar surface area (TPSA) is 61.0 Å². The molecule has 1 atom stereocenters. The van der Waals surface area contributed by atoms with Crippen LogP contribution < -0.4 is 9.64 Å². The minimum Gasteiger partial charge on any atom is -0.496 e. The van der Waals surface area contributed by atoms with Gasteiger partial charge in [0.25, 0.3) is 6.43 Å². The Kier molecular flexibility index (Phi) is 8.05. The second-order valence-corrected chi connectivity index (χ2v) is 13.5. The quantitative estimate of drug-likeness (QED) is 0.345. The van der Waals surface area contributed by atoms with Gasteiger partial charge in [-0.25, -0.2) is 13.6 Å². The summed E-state index contributed by atoms with van der Waals surface area (Å²) in [6, 6.07) is 14.1. The van der Waals surface area contributed by atoms with Gasteiger partial charge in [-0.15, -0.1) is 0 Å². The highest BCUT2D eigenvalue weighted by atomic mass is 19.3. The Labute approximate surface area is 253 Å². The number of carbonyl (C=O) groups excluding carboxylic acids is 1. The molecule has 2 fully saturated rings. The first-order chi connectivity index (χ1) is 20.6. The van der Waals surface area contributed by atoms with Crippen LogP contribution in [0.25, 0.3) is 10.9 Å². The fraction of sp³-hybridized carbons (Fsp3) is 0.559. The standard InChI is InChI=1S/C34H44F2N4O3/c1-33(2,3)43-32(41)39-19-14-34(15-20-39)12-17-38(18-13-34)23-9-10-26(28(21-23)42-4)31-30-25(11-16-40(31)22-29(35)36)24-7-5-6-8-27(24)37-30/h5-10,21,29,31,37H,11-20,22H2,1-4H3. The first kappa shape index (κ1) is 29.7. The van der Waals surface area contributed by atoms with Crippen LogP contribution in [0.5, 0.6) is 5.75 Å². The number of ether oxygens (including phenoxy) is 2. The van der Waals surface area contributed by atoms with Crippen LogP contribution in [0.3, 0.4) is 0 Å². The molecule has 3 aromatic rings. The molecule has 7 nitrogen and oxygen atoms in total. The van der Waals surface area contributed by atoms with E-state index in [1.807, 2.05) is 48.8 Å². The molecule has 3 aliphatic rings. The van der Waals surface area contributed by atoms with Gasteiger partial charge >= 0.3 is 6.09 Å². The average molecular weight is 595 g/mol. The first-order valence-electron chi connectivity index (χ1n) is 15.6. The molecule has 0 aliphatic carbocycles. The van der Waals surface area contributed by atoms with Gasteiger partial charge in [0, 0.05) is 66.6 Å². The molecular formula is C34H44F2N4O3. The summed E-state index contributed by atoms with van der Waals surface area (Å²) in [4.78, 5) is 22.3. The van der Waals surface area contributed by atoms with Gasteiger partial charge in [0.1, 0.15) is 11.4 Å². The molecule has 1 unspecified atom stereocenters. The summed E-state index contributed by atoms with van der Waals surface area (Å²) in [6.45, 7) is 9.33. The Morgan fingerprint density at radius 2 is 1.72 bits per heavy atom. The maximum Gasteiger partial charge on any atom is 0.410 e. The SMILES string of the molecule is COc1cc(N2CCC3(CCN(C(=O)OC(C)(C)C)CC3)CC2)ccc1C1c2[nH]c3ccccc3c2CCN1CC(F)F. The highest BCUT2D eigenvalue weighted by Crippen LogP contribution is 2.45. The van der Waals surface area contributed by atoms with E-state index in [-0.39, 0.29) is 24.1 Å². The summed E-state index contributed by atoms with van der Waals surface area (Å²) in [5.74, 6) is 0.722. The van der Waals surface area contributed by atoms with Crippen LogP contribution in [0.1, 0.15) is 69.3 Å². The molecule has 6 rings (SSSR count). The number of halogens is 2. The third-order valence-corrected chi connectivity index (χ3v) is 9.68. The van der Waals surface area contributed by atoms with E-state index < -0.39 is 12.0 Å². The summed E-state index contributed by atoms with van der Waals surface area (Å²) in [7, 11) is 1.67. The highest BCUT2D eigenvalue weighted by Gasteiger charge is 2.40. The summed E-state index contributed by atoms with van der Waals surface area (Å²) < 4.78 is 39.0. The number of aromatic amines is 1. The lowest BCUT2D eigenvalue weighted by molar-refractivity contribution is 0.00665. The molecule has 1 spiro atoms. The zero-order valence-corrected chi connectivity index (χ0v) is 25.8. The fourth-order valence-electron chi connectivity index (χ4n) is 7.37. The summed E-state index contributed by atoms with van der Waals surface area (Å²) in [5.41, 5.74) is 4.99. The molecule has 9 heteroatoms. The van der Waals surface area contributed by atoms with Crippen molar-refractivity contribution in [3.8, 4) is 5.75 Å². The molecule has 3 aliphatic heterocycles. The number of nitrogens with zero attached hydrogens (tertiary/aromatic N) is 3. The predicted molar refractivity (Wildman–Crippen MR) is 165 cm³/mol. The van der Waals surface area contributed by atoms with E-state index in [1.54, 1.807) is 7.11 Å². The minimum absolute atomic E-state index is 0.211. The molecule has 1 amide bonds. The van der Waals surface area contributed by atoms with Gasteiger partial charge in [0.15, 0.2) is 0 Å². The Morgan fingerprint density at radius 1 is 1.02 bits per heavy atom. The van der Waals surface area contributed by atoms with E-state index in [1.165, 1.54) is 5.56 Å². The molecule has 1 N–H and O–H groups in total. The molecule has 1 aromatic heterocycles. The highest BCUT2D eigenvalue weighted by molar-refractivity contribution is 5.85. The largest absolute Gasteiger partial charge is 0.496 e. The fourth-order valence-corrected chi connectivity index (χ4v) is 7.37. The molecule has 0 radical (unpaired) electrons. The Hall–Kier alpha value is -3.33. The zero-order valence-electron chi connectivity index (χ0n) is 25.8. The lowest BCUT2D eigenvalue weighted by Crippen LogP contribution is -2.49. The molecular weight excluding hydrogens is 550 g/mol. The number of nitrogens with one attached hydrogen (secondary N) is 1. The number of carbonyl (C=O) groups is 1. The van der Waals surface area contributed by atoms with Gasteiger partial charge in [-0.3, -0.25) is 4.90 Å². The molecule has 0 bridgehead atoms. The maximum absolute atomic E-state index is 13.7. The number of anilines is 1. The van der Waals surface area contributed by atoms with Gasteiger partial charge in [-0.1, -0.05) is 24.3 Å². The van der Waals surface area contributed by atoms with E-state index >= 15 is 0 Å². The third kappa shape index (κ3) is 6.06. The number of hydrogen-bond donors (Lipinski definition) is 1. The lowest BCUT2D eigenvalue weighted by Gasteiger charge is -2.47. The minimum atomic E-state index is -2.42. The Balaban J connectivity index is 1.19. The second kappa shape index (κ2) is 11.6. The number of piperidine rings is 2. The van der Waals surface area contributed by atoms with Gasteiger partial charge in [0.05, 0.1) is 19.7 Å². The number of methoxy groups -OCH3 is 1. The van der Waals surface area contributed by atoms with E-state index in [0.29, 0.717) is 6.54 Å². The number of likely N-dealkylation sites (tertiary alicyclic amines) is 1. The Morgan fingerprint density at radius 3 is 2.40 bits per heavy atom. The number of hydrogen-bond acceptors (Lipinski definition) is 5. The van der Waals surface area contributed by atoms with Gasteiger partial charge in [-0.05, 0) is 76.0 Å². The van der Waals surface area contributed by atoms with Crippen molar-refractivity contribution < 1.29 is 23.0 Å². The van der Waals surface area contributed by atoms with Crippen molar-refractivity contribution in [1.29, 1.82) is 0 Å². The summed E-state index contributed by atoms with van der Waals surface area (Å²) in [6.07, 6.45) is 2.24. The van der Waals surface area contributed by atoms with Crippen LogP contribution in [0.2, 0.25) is 0 Å². The van der Waals surface area contributed by atoms with Crippen LogP contribution >= 0.6 is 0 Å². The van der Waals surface area contributed by atoms with Crippen LogP contribution in [0, 0.1) is 5.41 Å². The number of aromatic nitrogens is 1. The first-order valence-corrected chi connectivity index (χ1v) is 15.6. The van der Waals surface area contributed by atoms with Crippen molar-refractivity contribution in [1.82, 2.24) is 14.8 Å². The van der Waals surface area contributed by atoms with Gasteiger partial charge < -0.3 is 24.3 Å². The van der Waals surface area contributed by atoms with Crippen molar-refractivity contribution in [2.45, 2.75) is 70.9 Å². The van der Waals surface area contributed by atoms with Crippen molar-refractivity contribution in [2.75, 3.05) is 51.3 Å². The van der Waals surface area contributed by atoms with E-state index in [0.717, 1.165) is 91.9 Å². The van der Waals surface area contributed by atoms with E-state index in [9.17, 15) is 13.6 Å². The lowest BCUT2D eigenvalue weighted by atomic mass is 9.71. The van der Waals surface area contributed by atoms with Crippen molar-refractivity contribution in [3.05, 3.63) is 59.3 Å². The number of rotatable bonds is 5. The summed E-state index contributed by atoms with van der Waals surface area (Å²) in [5, 5.41) is 1.16. The molecule has 0 saturated carbocycles. The normalized spacial score (nSPS) is 21.0. The van der Waals surface area contributed by atoms with Crippen molar-refractivity contribution in [2.24, 2.45) is 5.41 Å². The molecule has 4 heterocycles. The zero-order chi connectivity index (χ0) is 30.4. The van der Waals surface area contributed by atoms with Crippen LogP contribution in [-0.2, 0) is 11.2 Å². The number of H-pyrrole nitrogens is 1. The maximum atomic E-state index is 13.7. The predicted octanol–water partition coefficient (Wildman–Crippen LogP) is 7.01. The van der Waals surface area contributed by atoms with E-state index in [2.05, 4.69) is 34.1 Å². The van der Waals surface area contributed by atoms with Gasteiger partial charge in [-0.2, -0.15) is 0 Å². The monoisotopic (exact) mass is 594 g/mol. The molecule has 2 aromatic carbocycles. The van der Waals surface area contributed by atoms with Crippen LogP contribution in [0.4, 0.5) is 19.3 Å². The van der Waals surface area contributed by atoms with Crippen LogP contribution in [-0.4, -0.2) is 79.3 Å². The Bertz CT molecular complexity index is 1450. The number of alkyl halides is 2. The number of benzene rings is 2. The van der Waals surface area contributed by atoms with E-state index in [4.69, 9.17) is 9.47 Å². The van der Waals surface area contributed by atoms with Crippen LogP contribution in [0.15, 0.2) is 42.5 Å². The van der Waals surface area contributed by atoms with Crippen molar-refractivity contribution >= 4 is 22.7 Å².